The highest BCUT2D eigenvalue weighted by Gasteiger charge is 1.97. The molecule has 0 amide bonds. The molecular weight excluding hydrogens is 238 g/mol. The molecule has 0 bridgehead atoms. The molecule has 2 rings (SSSR count). The first-order chi connectivity index (χ1) is 9.13. The van der Waals surface area contributed by atoms with Gasteiger partial charge in [-0.25, -0.2) is 4.99 Å². The highest BCUT2D eigenvalue weighted by Crippen LogP contribution is 2.12. The zero-order valence-corrected chi connectivity index (χ0v) is 10.8. The van der Waals surface area contributed by atoms with Gasteiger partial charge in [-0.1, -0.05) is 24.3 Å². The first-order valence-corrected chi connectivity index (χ1v) is 6.05. The first kappa shape index (κ1) is 13.0. The molecule has 0 saturated carbocycles. The topological polar surface area (TPSA) is 70.6 Å². The number of rotatable bonds is 3. The fourth-order valence-corrected chi connectivity index (χ4v) is 1.74. The molecule has 4 N–H and O–H groups in total. The minimum atomic E-state index is 0.234. The fraction of sp³-hybridized carbons (Fsp3) is 0.133. The van der Waals surface area contributed by atoms with Crippen molar-refractivity contribution in [2.75, 3.05) is 5.32 Å². The maximum absolute atomic E-state index is 9.35. The number of aromatic hydroxyl groups is 1. The summed E-state index contributed by atoms with van der Waals surface area (Å²) in [4.78, 5) is 4.23. The van der Waals surface area contributed by atoms with Crippen LogP contribution in [-0.2, 0) is 6.54 Å². The van der Waals surface area contributed by atoms with Crippen LogP contribution in [-0.4, -0.2) is 11.1 Å². The summed E-state index contributed by atoms with van der Waals surface area (Å²) in [7, 11) is 0. The summed E-state index contributed by atoms with van der Waals surface area (Å²) in [5, 5.41) is 12.4. The van der Waals surface area contributed by atoms with Gasteiger partial charge in [0.1, 0.15) is 5.75 Å². The Morgan fingerprint density at radius 1 is 1.21 bits per heavy atom. The third-order valence-corrected chi connectivity index (χ3v) is 2.63. The third-order valence-electron chi connectivity index (χ3n) is 2.63. The number of phenolic OH excluding ortho intramolecular Hbond substituents is 1. The molecule has 0 fully saturated rings. The average molecular weight is 255 g/mol. The molecule has 0 aromatic heterocycles. The SMILES string of the molecule is Cc1cccc(NC(N)=NCc2cccc(O)c2)c1. The highest BCUT2D eigenvalue weighted by atomic mass is 16.3. The molecule has 0 heterocycles. The van der Waals surface area contributed by atoms with E-state index in [9.17, 15) is 5.11 Å². The number of aliphatic imine (C=N–C) groups is 1. The molecule has 0 spiro atoms. The quantitative estimate of drug-likeness (QED) is 0.583. The minimum absolute atomic E-state index is 0.234. The van der Waals surface area contributed by atoms with E-state index >= 15 is 0 Å². The number of benzene rings is 2. The van der Waals surface area contributed by atoms with Crippen molar-refractivity contribution in [1.29, 1.82) is 0 Å². The van der Waals surface area contributed by atoms with Gasteiger partial charge in [0.15, 0.2) is 5.96 Å². The number of phenols is 1. The maximum Gasteiger partial charge on any atom is 0.193 e. The fourth-order valence-electron chi connectivity index (χ4n) is 1.74. The van der Waals surface area contributed by atoms with Crippen LogP contribution in [0.1, 0.15) is 11.1 Å². The summed E-state index contributed by atoms with van der Waals surface area (Å²) in [5.41, 5.74) is 8.80. The second-order valence-electron chi connectivity index (χ2n) is 4.37. The van der Waals surface area contributed by atoms with E-state index in [1.54, 1.807) is 18.2 Å². The molecule has 19 heavy (non-hydrogen) atoms. The zero-order valence-electron chi connectivity index (χ0n) is 10.8. The molecule has 0 aliphatic heterocycles. The summed E-state index contributed by atoms with van der Waals surface area (Å²) in [6, 6.07) is 14.9. The van der Waals surface area contributed by atoms with Crippen LogP contribution in [0, 0.1) is 6.92 Å². The Morgan fingerprint density at radius 2 is 2.00 bits per heavy atom. The molecule has 4 nitrogen and oxygen atoms in total. The number of guanidine groups is 1. The lowest BCUT2D eigenvalue weighted by atomic mass is 10.2. The van der Waals surface area contributed by atoms with Gasteiger partial charge >= 0.3 is 0 Å². The summed E-state index contributed by atoms with van der Waals surface area (Å²) >= 11 is 0. The van der Waals surface area contributed by atoms with Crippen molar-refractivity contribution < 1.29 is 5.11 Å². The summed E-state index contributed by atoms with van der Waals surface area (Å²) in [6.07, 6.45) is 0. The Balaban J connectivity index is 2.00. The monoisotopic (exact) mass is 255 g/mol. The number of nitrogens with two attached hydrogens (primary N) is 1. The maximum atomic E-state index is 9.35. The molecule has 0 atom stereocenters. The summed E-state index contributed by atoms with van der Waals surface area (Å²) in [6.45, 7) is 2.45. The van der Waals surface area contributed by atoms with Crippen molar-refractivity contribution in [2.24, 2.45) is 10.7 Å². The van der Waals surface area contributed by atoms with Gasteiger partial charge in [0.2, 0.25) is 0 Å². The number of hydrogen-bond donors (Lipinski definition) is 3. The van der Waals surface area contributed by atoms with Crippen LogP contribution >= 0.6 is 0 Å². The van der Waals surface area contributed by atoms with Crippen LogP contribution in [0.5, 0.6) is 5.75 Å². The molecular formula is C15H17N3O. The van der Waals surface area contributed by atoms with E-state index < -0.39 is 0 Å². The molecule has 0 saturated heterocycles. The van der Waals surface area contributed by atoms with Crippen LogP contribution in [0.15, 0.2) is 53.5 Å². The van der Waals surface area contributed by atoms with Crippen LogP contribution in [0.2, 0.25) is 0 Å². The molecule has 0 aliphatic carbocycles. The van der Waals surface area contributed by atoms with Gasteiger partial charge in [-0.05, 0) is 42.3 Å². The first-order valence-electron chi connectivity index (χ1n) is 6.05. The van der Waals surface area contributed by atoms with Gasteiger partial charge in [0, 0.05) is 5.69 Å². The molecule has 0 unspecified atom stereocenters. The van der Waals surface area contributed by atoms with Crippen molar-refractivity contribution in [2.45, 2.75) is 13.5 Å². The standard InChI is InChI=1S/C15H17N3O/c1-11-4-2-6-13(8-11)18-15(16)17-10-12-5-3-7-14(19)9-12/h2-9,19H,10H2,1H3,(H3,16,17,18). The Bertz CT molecular complexity index is 593. The van der Waals surface area contributed by atoms with E-state index in [1.165, 1.54) is 0 Å². The number of nitrogens with zero attached hydrogens (tertiary/aromatic N) is 1. The highest BCUT2D eigenvalue weighted by molar-refractivity contribution is 5.92. The molecule has 98 valence electrons. The zero-order chi connectivity index (χ0) is 13.7. The summed E-state index contributed by atoms with van der Waals surface area (Å²) in [5.74, 6) is 0.590. The smallest absolute Gasteiger partial charge is 0.193 e. The predicted molar refractivity (Wildman–Crippen MR) is 78.2 cm³/mol. The molecule has 4 heteroatoms. The van der Waals surface area contributed by atoms with Gasteiger partial charge in [-0.15, -0.1) is 0 Å². The summed E-state index contributed by atoms with van der Waals surface area (Å²) < 4.78 is 0. The second kappa shape index (κ2) is 5.91. The Labute approximate surface area is 112 Å². The van der Waals surface area contributed by atoms with Crippen LogP contribution < -0.4 is 11.1 Å². The van der Waals surface area contributed by atoms with Crippen LogP contribution in [0.3, 0.4) is 0 Å². The van der Waals surface area contributed by atoms with E-state index in [-0.39, 0.29) is 5.75 Å². The van der Waals surface area contributed by atoms with Crippen molar-refractivity contribution in [3.05, 3.63) is 59.7 Å². The van der Waals surface area contributed by atoms with E-state index in [0.29, 0.717) is 12.5 Å². The van der Waals surface area contributed by atoms with E-state index in [4.69, 9.17) is 5.73 Å². The number of hydrogen-bond acceptors (Lipinski definition) is 2. The van der Waals surface area contributed by atoms with Crippen LogP contribution in [0.25, 0.3) is 0 Å². The third kappa shape index (κ3) is 4.03. The van der Waals surface area contributed by atoms with E-state index in [2.05, 4.69) is 10.3 Å². The van der Waals surface area contributed by atoms with Crippen molar-refractivity contribution in [3.63, 3.8) is 0 Å². The Morgan fingerprint density at radius 3 is 2.74 bits per heavy atom. The van der Waals surface area contributed by atoms with Gasteiger partial charge < -0.3 is 16.2 Å². The molecule has 2 aromatic carbocycles. The van der Waals surface area contributed by atoms with E-state index in [0.717, 1.165) is 16.8 Å². The van der Waals surface area contributed by atoms with Gasteiger partial charge in [-0.3, -0.25) is 0 Å². The lowest BCUT2D eigenvalue weighted by Gasteiger charge is -2.06. The van der Waals surface area contributed by atoms with Crippen molar-refractivity contribution in [3.8, 4) is 5.75 Å². The second-order valence-corrected chi connectivity index (χ2v) is 4.37. The average Bonchev–Trinajstić information content (AvgIpc) is 2.36. The van der Waals surface area contributed by atoms with Gasteiger partial charge in [0.25, 0.3) is 0 Å². The van der Waals surface area contributed by atoms with Gasteiger partial charge in [-0.2, -0.15) is 0 Å². The van der Waals surface area contributed by atoms with Crippen LogP contribution in [0.4, 0.5) is 5.69 Å². The lowest BCUT2D eigenvalue weighted by molar-refractivity contribution is 0.474. The predicted octanol–water partition coefficient (Wildman–Crippen LogP) is 2.63. The Kier molecular flexibility index (Phi) is 4.03. The van der Waals surface area contributed by atoms with Crippen molar-refractivity contribution >= 4 is 11.6 Å². The van der Waals surface area contributed by atoms with E-state index in [1.807, 2.05) is 37.3 Å². The normalized spacial score (nSPS) is 11.3. The minimum Gasteiger partial charge on any atom is -0.508 e. The molecule has 0 aliphatic rings. The molecule has 0 radical (unpaired) electrons. The number of aryl methyl sites for hydroxylation is 1. The van der Waals surface area contributed by atoms with Crippen molar-refractivity contribution in [1.82, 2.24) is 0 Å². The molecule has 2 aromatic rings. The number of nitrogens with one attached hydrogen (secondary N) is 1. The lowest BCUT2D eigenvalue weighted by Crippen LogP contribution is -2.22. The Hall–Kier alpha value is -2.49. The number of anilines is 1. The largest absolute Gasteiger partial charge is 0.508 e. The van der Waals surface area contributed by atoms with Gasteiger partial charge in [0.05, 0.1) is 6.54 Å².